The van der Waals surface area contributed by atoms with E-state index in [1.54, 1.807) is 6.07 Å². The summed E-state index contributed by atoms with van der Waals surface area (Å²) in [5.41, 5.74) is 8.06. The van der Waals surface area contributed by atoms with Gasteiger partial charge in [0.25, 0.3) is 0 Å². The number of benzene rings is 2. The summed E-state index contributed by atoms with van der Waals surface area (Å²) < 4.78 is 5.73. The van der Waals surface area contributed by atoms with Gasteiger partial charge in [0.15, 0.2) is 0 Å². The molecule has 0 spiro atoms. The molecule has 2 rings (SSSR count). The second kappa shape index (κ2) is 7.17. The Morgan fingerprint density at radius 3 is 2.80 bits per heavy atom. The molecule has 2 aromatic carbocycles. The Labute approximate surface area is 118 Å². The molecule has 0 bridgehead atoms. The van der Waals surface area contributed by atoms with E-state index >= 15 is 0 Å². The van der Waals surface area contributed by atoms with Crippen LogP contribution in [0.1, 0.15) is 11.1 Å². The number of nitrogens with zero attached hydrogens (tertiary/aromatic N) is 1. The van der Waals surface area contributed by atoms with Gasteiger partial charge in [0.2, 0.25) is 0 Å². The first-order valence-electron chi connectivity index (χ1n) is 6.47. The molecule has 4 heteroatoms. The van der Waals surface area contributed by atoms with Gasteiger partial charge in [0.1, 0.15) is 12.4 Å². The van der Waals surface area contributed by atoms with E-state index in [1.165, 1.54) is 0 Å². The molecule has 0 atom stereocenters. The van der Waals surface area contributed by atoms with Gasteiger partial charge in [-0.25, -0.2) is 0 Å². The van der Waals surface area contributed by atoms with Crippen LogP contribution in [0.3, 0.4) is 0 Å². The summed E-state index contributed by atoms with van der Waals surface area (Å²) in [6.07, 6.45) is 0. The summed E-state index contributed by atoms with van der Waals surface area (Å²) in [5.74, 6) is 0.786. The summed E-state index contributed by atoms with van der Waals surface area (Å²) in [7, 11) is 0. The third-order valence-electron chi connectivity index (χ3n) is 2.77. The van der Waals surface area contributed by atoms with Crippen molar-refractivity contribution < 1.29 is 4.74 Å². The topological polar surface area (TPSA) is 71.1 Å². The van der Waals surface area contributed by atoms with Crippen molar-refractivity contribution in [1.29, 1.82) is 5.26 Å². The van der Waals surface area contributed by atoms with Crippen molar-refractivity contribution in [2.75, 3.05) is 18.4 Å². The van der Waals surface area contributed by atoms with E-state index in [4.69, 9.17) is 15.7 Å². The molecule has 3 N–H and O–H groups in total. The van der Waals surface area contributed by atoms with Crippen LogP contribution < -0.4 is 15.8 Å². The number of nitrogens with two attached hydrogens (primary N) is 1. The van der Waals surface area contributed by atoms with E-state index in [9.17, 15) is 0 Å². The van der Waals surface area contributed by atoms with Crippen LogP contribution in [0.2, 0.25) is 0 Å². The Balaban J connectivity index is 1.98. The van der Waals surface area contributed by atoms with E-state index in [0.717, 1.165) is 23.5 Å². The molecule has 0 aromatic heterocycles. The van der Waals surface area contributed by atoms with Crippen LogP contribution in [0.15, 0.2) is 48.5 Å². The fraction of sp³-hybridized carbons (Fsp3) is 0.188. The third kappa shape index (κ3) is 4.01. The van der Waals surface area contributed by atoms with Gasteiger partial charge < -0.3 is 15.8 Å². The van der Waals surface area contributed by atoms with Crippen molar-refractivity contribution in [3.05, 3.63) is 59.7 Å². The van der Waals surface area contributed by atoms with Crippen molar-refractivity contribution in [3.63, 3.8) is 0 Å². The van der Waals surface area contributed by atoms with Crippen molar-refractivity contribution in [2.45, 2.75) is 6.61 Å². The first-order valence-corrected chi connectivity index (χ1v) is 6.47. The normalized spacial score (nSPS) is 9.80. The van der Waals surface area contributed by atoms with Crippen LogP contribution in [0, 0.1) is 11.3 Å². The number of nitrogens with one attached hydrogen (secondary N) is 1. The summed E-state index contributed by atoms with van der Waals surface area (Å²) in [5, 5.41) is 12.1. The Morgan fingerprint density at radius 2 is 2.00 bits per heavy atom. The molecule has 0 radical (unpaired) electrons. The monoisotopic (exact) mass is 267 g/mol. The summed E-state index contributed by atoms with van der Waals surface area (Å²) in [6, 6.07) is 17.3. The fourth-order valence-electron chi connectivity index (χ4n) is 1.81. The molecule has 0 aliphatic carbocycles. The first-order chi connectivity index (χ1) is 9.81. The Kier molecular flexibility index (Phi) is 4.99. The van der Waals surface area contributed by atoms with Crippen molar-refractivity contribution in [2.24, 2.45) is 5.73 Å². The number of hydrogen-bond acceptors (Lipinski definition) is 4. The smallest absolute Gasteiger partial charge is 0.121 e. The van der Waals surface area contributed by atoms with E-state index in [0.29, 0.717) is 18.7 Å². The maximum absolute atomic E-state index is 8.86. The SMILES string of the molecule is N#Cc1cccc(COc2cccc(NCCN)c2)c1. The first kappa shape index (κ1) is 13.9. The quantitative estimate of drug-likeness (QED) is 0.843. The van der Waals surface area contributed by atoms with Crippen LogP contribution >= 0.6 is 0 Å². The van der Waals surface area contributed by atoms with Crippen LogP contribution in [-0.4, -0.2) is 13.1 Å². The maximum Gasteiger partial charge on any atom is 0.121 e. The molecule has 4 nitrogen and oxygen atoms in total. The van der Waals surface area contributed by atoms with Crippen LogP contribution in [0.25, 0.3) is 0 Å². The van der Waals surface area contributed by atoms with E-state index in [2.05, 4.69) is 11.4 Å². The average molecular weight is 267 g/mol. The van der Waals surface area contributed by atoms with Gasteiger partial charge in [-0.2, -0.15) is 5.26 Å². The van der Waals surface area contributed by atoms with Gasteiger partial charge >= 0.3 is 0 Å². The summed E-state index contributed by atoms with van der Waals surface area (Å²) >= 11 is 0. The van der Waals surface area contributed by atoms with Gasteiger partial charge in [-0.05, 0) is 29.8 Å². The van der Waals surface area contributed by atoms with E-state index < -0.39 is 0 Å². The molecule has 0 saturated carbocycles. The number of rotatable bonds is 6. The second-order valence-electron chi connectivity index (χ2n) is 4.34. The lowest BCUT2D eigenvalue weighted by Crippen LogP contribution is -2.12. The zero-order valence-corrected chi connectivity index (χ0v) is 11.2. The minimum absolute atomic E-state index is 0.440. The number of nitriles is 1. The average Bonchev–Trinajstić information content (AvgIpc) is 2.51. The molecule has 0 heterocycles. The molecule has 0 unspecified atom stereocenters. The zero-order valence-electron chi connectivity index (χ0n) is 11.2. The molecular weight excluding hydrogens is 250 g/mol. The number of hydrogen-bond donors (Lipinski definition) is 2. The van der Waals surface area contributed by atoms with Crippen LogP contribution in [0.5, 0.6) is 5.75 Å². The Bertz CT molecular complexity index is 605. The van der Waals surface area contributed by atoms with Crippen LogP contribution in [-0.2, 0) is 6.61 Å². The highest BCUT2D eigenvalue weighted by Gasteiger charge is 1.99. The lowest BCUT2D eigenvalue weighted by molar-refractivity contribution is 0.306. The van der Waals surface area contributed by atoms with Gasteiger partial charge in [-0.15, -0.1) is 0 Å². The van der Waals surface area contributed by atoms with E-state index in [-0.39, 0.29) is 0 Å². The van der Waals surface area contributed by atoms with E-state index in [1.807, 2.05) is 42.5 Å². The van der Waals surface area contributed by atoms with Crippen LogP contribution in [0.4, 0.5) is 5.69 Å². The molecule has 0 amide bonds. The summed E-state index contributed by atoms with van der Waals surface area (Å²) in [4.78, 5) is 0. The predicted octanol–water partition coefficient (Wildman–Crippen LogP) is 2.51. The van der Waals surface area contributed by atoms with Crippen molar-refractivity contribution >= 4 is 5.69 Å². The minimum Gasteiger partial charge on any atom is -0.489 e. The largest absolute Gasteiger partial charge is 0.489 e. The molecule has 20 heavy (non-hydrogen) atoms. The zero-order chi connectivity index (χ0) is 14.2. The second-order valence-corrected chi connectivity index (χ2v) is 4.34. The van der Waals surface area contributed by atoms with Gasteiger partial charge in [0, 0.05) is 24.8 Å². The molecule has 0 fully saturated rings. The molecular formula is C16H17N3O. The lowest BCUT2D eigenvalue weighted by Gasteiger charge is -2.09. The molecule has 102 valence electrons. The maximum atomic E-state index is 8.86. The predicted molar refractivity (Wildman–Crippen MR) is 79.5 cm³/mol. The fourth-order valence-corrected chi connectivity index (χ4v) is 1.81. The summed E-state index contributed by atoms with van der Waals surface area (Å²) in [6.45, 7) is 1.76. The minimum atomic E-state index is 0.440. The van der Waals surface area contributed by atoms with Crippen molar-refractivity contribution in [3.8, 4) is 11.8 Å². The number of anilines is 1. The number of ether oxygens (including phenoxy) is 1. The molecule has 0 aliphatic heterocycles. The highest BCUT2D eigenvalue weighted by atomic mass is 16.5. The highest BCUT2D eigenvalue weighted by Crippen LogP contribution is 2.18. The standard InChI is InChI=1S/C16H17N3O/c17-7-8-19-15-5-2-6-16(10-15)20-12-14-4-1-3-13(9-14)11-18/h1-6,9-10,19H,7-8,12,17H2. The lowest BCUT2D eigenvalue weighted by atomic mass is 10.1. The van der Waals surface area contributed by atoms with Crippen molar-refractivity contribution in [1.82, 2.24) is 0 Å². The molecule has 0 saturated heterocycles. The van der Waals surface area contributed by atoms with Gasteiger partial charge in [0.05, 0.1) is 11.6 Å². The molecule has 0 aliphatic rings. The van der Waals surface area contributed by atoms with Gasteiger partial charge in [-0.1, -0.05) is 18.2 Å². The Hall–Kier alpha value is -2.51. The highest BCUT2D eigenvalue weighted by molar-refractivity contribution is 5.48. The van der Waals surface area contributed by atoms with Gasteiger partial charge in [-0.3, -0.25) is 0 Å². The third-order valence-corrected chi connectivity index (χ3v) is 2.77. The molecule has 2 aromatic rings. The Morgan fingerprint density at radius 1 is 1.15 bits per heavy atom.